The molecule has 4 nitrogen and oxygen atoms in total. The number of rotatable bonds is 0. The minimum atomic E-state index is -1.23. The Bertz CT molecular complexity index is 366. The van der Waals surface area contributed by atoms with E-state index in [9.17, 15) is 9.90 Å². The Balaban J connectivity index is 2.49. The molecule has 1 atom stereocenters. The summed E-state index contributed by atoms with van der Waals surface area (Å²) in [6.45, 7) is 0. The standard InChI is InChI=1S/C8H6ClNO3/c9-4-1-2-6-5(3-4)7(11)13-8(12)10-6/h1-3,7,11H,(H,10,12). The predicted molar refractivity (Wildman–Crippen MR) is 46.5 cm³/mol. The van der Waals surface area contributed by atoms with Crippen LogP contribution in [-0.4, -0.2) is 11.2 Å². The Morgan fingerprint density at radius 1 is 1.54 bits per heavy atom. The van der Waals surface area contributed by atoms with Crippen LogP contribution in [0.4, 0.5) is 10.5 Å². The molecule has 68 valence electrons. The van der Waals surface area contributed by atoms with Crippen molar-refractivity contribution in [2.45, 2.75) is 6.29 Å². The number of aliphatic hydroxyl groups is 1. The molecule has 1 heterocycles. The number of fused-ring (bicyclic) bond motifs is 1. The van der Waals surface area contributed by atoms with E-state index in [4.69, 9.17) is 11.6 Å². The molecule has 0 fully saturated rings. The number of anilines is 1. The van der Waals surface area contributed by atoms with Crippen LogP contribution in [0.3, 0.4) is 0 Å². The number of hydrogen-bond acceptors (Lipinski definition) is 3. The number of halogens is 1. The van der Waals surface area contributed by atoms with Gasteiger partial charge in [0.15, 0.2) is 0 Å². The van der Waals surface area contributed by atoms with E-state index in [0.717, 1.165) is 0 Å². The van der Waals surface area contributed by atoms with Crippen LogP contribution < -0.4 is 5.32 Å². The Morgan fingerprint density at radius 3 is 3.08 bits per heavy atom. The predicted octanol–water partition coefficient (Wildman–Crippen LogP) is 1.89. The number of aliphatic hydroxyl groups excluding tert-OH is 1. The number of carbonyl (C=O) groups is 1. The van der Waals surface area contributed by atoms with Gasteiger partial charge in [-0.25, -0.2) is 4.79 Å². The highest BCUT2D eigenvalue weighted by Crippen LogP contribution is 2.30. The average molecular weight is 200 g/mol. The van der Waals surface area contributed by atoms with Crippen molar-refractivity contribution < 1.29 is 14.6 Å². The lowest BCUT2D eigenvalue weighted by atomic mass is 10.1. The fourth-order valence-electron chi connectivity index (χ4n) is 1.16. The molecule has 1 amide bonds. The maximum atomic E-state index is 10.8. The molecule has 1 aromatic rings. The van der Waals surface area contributed by atoms with E-state index >= 15 is 0 Å². The highest BCUT2D eigenvalue weighted by Gasteiger charge is 2.23. The van der Waals surface area contributed by atoms with Crippen molar-refractivity contribution in [1.82, 2.24) is 0 Å². The van der Waals surface area contributed by atoms with Gasteiger partial charge in [-0.3, -0.25) is 5.32 Å². The van der Waals surface area contributed by atoms with Crippen LogP contribution in [0.2, 0.25) is 5.02 Å². The molecule has 0 spiro atoms. The van der Waals surface area contributed by atoms with Crippen molar-refractivity contribution in [2.24, 2.45) is 0 Å². The Labute approximate surface area is 79.1 Å². The monoisotopic (exact) mass is 199 g/mol. The van der Waals surface area contributed by atoms with Crippen molar-refractivity contribution in [3.05, 3.63) is 28.8 Å². The third-order valence-electron chi connectivity index (χ3n) is 1.74. The van der Waals surface area contributed by atoms with Crippen molar-refractivity contribution >= 4 is 23.4 Å². The van der Waals surface area contributed by atoms with Gasteiger partial charge in [-0.1, -0.05) is 11.6 Å². The molecule has 0 aromatic heterocycles. The van der Waals surface area contributed by atoms with Gasteiger partial charge in [0, 0.05) is 10.6 Å². The number of ether oxygens (including phenoxy) is 1. The molecule has 1 aliphatic heterocycles. The Hall–Kier alpha value is -1.26. The summed E-state index contributed by atoms with van der Waals surface area (Å²) in [6, 6.07) is 4.78. The molecule has 0 radical (unpaired) electrons. The van der Waals surface area contributed by atoms with E-state index in [2.05, 4.69) is 10.1 Å². The minimum Gasteiger partial charge on any atom is -0.415 e. The van der Waals surface area contributed by atoms with Gasteiger partial charge in [0.05, 0.1) is 5.69 Å². The molecular weight excluding hydrogens is 194 g/mol. The number of cyclic esters (lactones) is 1. The van der Waals surface area contributed by atoms with Crippen LogP contribution in [-0.2, 0) is 4.74 Å². The maximum absolute atomic E-state index is 10.8. The fraction of sp³-hybridized carbons (Fsp3) is 0.125. The second-order valence-electron chi connectivity index (χ2n) is 2.61. The van der Waals surface area contributed by atoms with Crippen molar-refractivity contribution in [3.8, 4) is 0 Å². The first-order valence-corrected chi connectivity index (χ1v) is 4.00. The van der Waals surface area contributed by atoms with Gasteiger partial charge in [0.1, 0.15) is 0 Å². The topological polar surface area (TPSA) is 58.6 Å². The molecule has 1 aromatic carbocycles. The minimum absolute atomic E-state index is 0.465. The highest BCUT2D eigenvalue weighted by atomic mass is 35.5. The summed E-state index contributed by atoms with van der Waals surface area (Å²) in [7, 11) is 0. The second-order valence-corrected chi connectivity index (χ2v) is 3.05. The first-order chi connectivity index (χ1) is 6.16. The normalized spacial score (nSPS) is 20.2. The molecule has 1 unspecified atom stereocenters. The average Bonchev–Trinajstić information content (AvgIpc) is 2.06. The SMILES string of the molecule is O=C1Nc2ccc(Cl)cc2C(O)O1. The zero-order chi connectivity index (χ0) is 9.42. The van der Waals surface area contributed by atoms with Crippen LogP contribution in [0.5, 0.6) is 0 Å². The first-order valence-electron chi connectivity index (χ1n) is 3.62. The second kappa shape index (κ2) is 2.90. The van der Waals surface area contributed by atoms with Crippen LogP contribution in [0.15, 0.2) is 18.2 Å². The van der Waals surface area contributed by atoms with Crippen LogP contribution in [0.25, 0.3) is 0 Å². The third-order valence-corrected chi connectivity index (χ3v) is 1.97. The summed E-state index contributed by atoms with van der Waals surface area (Å²) in [5.74, 6) is 0. The lowest BCUT2D eigenvalue weighted by molar-refractivity contribution is -0.0523. The Morgan fingerprint density at radius 2 is 2.31 bits per heavy atom. The molecule has 0 bridgehead atoms. The van der Waals surface area contributed by atoms with Gasteiger partial charge in [0.2, 0.25) is 6.29 Å². The van der Waals surface area contributed by atoms with Gasteiger partial charge < -0.3 is 9.84 Å². The third kappa shape index (κ3) is 1.46. The summed E-state index contributed by atoms with van der Waals surface area (Å²) >= 11 is 5.70. The number of amides is 1. The van der Waals surface area contributed by atoms with Crippen LogP contribution >= 0.6 is 11.6 Å². The smallest absolute Gasteiger partial charge is 0.414 e. The molecule has 2 N–H and O–H groups in total. The molecule has 5 heteroatoms. The van der Waals surface area contributed by atoms with Gasteiger partial charge >= 0.3 is 6.09 Å². The van der Waals surface area contributed by atoms with Gasteiger partial charge in [0.25, 0.3) is 0 Å². The van der Waals surface area contributed by atoms with E-state index in [1.807, 2.05) is 0 Å². The quantitative estimate of drug-likeness (QED) is 0.671. The van der Waals surface area contributed by atoms with Gasteiger partial charge in [-0.05, 0) is 18.2 Å². The van der Waals surface area contributed by atoms with E-state index < -0.39 is 12.4 Å². The van der Waals surface area contributed by atoms with Crippen LogP contribution in [0.1, 0.15) is 11.9 Å². The number of nitrogens with one attached hydrogen (secondary N) is 1. The molecule has 0 saturated carbocycles. The van der Waals surface area contributed by atoms with E-state index in [1.54, 1.807) is 18.2 Å². The Kier molecular flexibility index (Phi) is 1.86. The van der Waals surface area contributed by atoms with E-state index in [0.29, 0.717) is 16.3 Å². The van der Waals surface area contributed by atoms with E-state index in [-0.39, 0.29) is 0 Å². The number of carbonyl (C=O) groups excluding carboxylic acids is 1. The summed E-state index contributed by atoms with van der Waals surface area (Å²) in [5.41, 5.74) is 0.986. The molecular formula is C8H6ClNO3. The summed E-state index contributed by atoms with van der Waals surface area (Å²) in [6.07, 6.45) is -1.90. The summed E-state index contributed by atoms with van der Waals surface area (Å²) < 4.78 is 4.51. The zero-order valence-corrected chi connectivity index (χ0v) is 7.21. The summed E-state index contributed by atoms with van der Waals surface area (Å²) in [4.78, 5) is 10.8. The highest BCUT2D eigenvalue weighted by molar-refractivity contribution is 6.30. The largest absolute Gasteiger partial charge is 0.415 e. The maximum Gasteiger partial charge on any atom is 0.414 e. The molecule has 1 aliphatic rings. The number of benzene rings is 1. The van der Waals surface area contributed by atoms with Crippen LogP contribution in [0, 0.1) is 0 Å². The van der Waals surface area contributed by atoms with Gasteiger partial charge in [-0.2, -0.15) is 0 Å². The van der Waals surface area contributed by atoms with Crippen molar-refractivity contribution in [1.29, 1.82) is 0 Å². The van der Waals surface area contributed by atoms with Gasteiger partial charge in [-0.15, -0.1) is 0 Å². The fourth-order valence-corrected chi connectivity index (χ4v) is 1.34. The van der Waals surface area contributed by atoms with Crippen molar-refractivity contribution in [3.63, 3.8) is 0 Å². The molecule has 13 heavy (non-hydrogen) atoms. The first kappa shape index (κ1) is 8.34. The lowest BCUT2D eigenvalue weighted by Gasteiger charge is -2.21. The van der Waals surface area contributed by atoms with E-state index in [1.165, 1.54) is 0 Å². The molecule has 2 rings (SSSR count). The molecule has 0 aliphatic carbocycles. The summed E-state index contributed by atoms with van der Waals surface area (Å²) in [5, 5.41) is 12.2. The molecule has 0 saturated heterocycles. The number of hydrogen-bond donors (Lipinski definition) is 2. The zero-order valence-electron chi connectivity index (χ0n) is 6.45. The lowest BCUT2D eigenvalue weighted by Crippen LogP contribution is -2.24. The van der Waals surface area contributed by atoms with Crippen molar-refractivity contribution in [2.75, 3.05) is 5.32 Å².